The Morgan fingerprint density at radius 1 is 1.12 bits per heavy atom. The van der Waals surface area contributed by atoms with Gasteiger partial charge in [-0.25, -0.2) is 0 Å². The third-order valence-corrected chi connectivity index (χ3v) is 5.87. The van der Waals surface area contributed by atoms with Crippen molar-refractivity contribution in [3.8, 4) is 10.6 Å². The molecule has 0 spiro atoms. The highest BCUT2D eigenvalue weighted by atomic mass is 35.5. The summed E-state index contributed by atoms with van der Waals surface area (Å²) in [7, 11) is 0. The van der Waals surface area contributed by atoms with Crippen LogP contribution in [-0.4, -0.2) is 47.2 Å². The maximum Gasteiger partial charge on any atom is 0.255 e. The van der Waals surface area contributed by atoms with Crippen LogP contribution in [0.15, 0.2) is 41.8 Å². The molecule has 134 valence electrons. The number of rotatable bonds is 3. The Balaban J connectivity index is 1.43. The fraction of sp³-hybridized carbons (Fsp3) is 0.222. The van der Waals surface area contributed by atoms with Gasteiger partial charge in [0.05, 0.1) is 21.2 Å². The van der Waals surface area contributed by atoms with E-state index >= 15 is 0 Å². The first kappa shape index (κ1) is 17.4. The zero-order valence-corrected chi connectivity index (χ0v) is 16.1. The first-order valence-corrected chi connectivity index (χ1v) is 9.84. The van der Waals surface area contributed by atoms with Gasteiger partial charge in [-0.15, -0.1) is 11.3 Å². The zero-order valence-electron chi connectivity index (χ0n) is 13.8. The van der Waals surface area contributed by atoms with Crippen LogP contribution in [0.3, 0.4) is 0 Å². The molecular weight excluding hydrogens is 391 g/mol. The van der Waals surface area contributed by atoms with Crippen molar-refractivity contribution in [2.24, 2.45) is 0 Å². The van der Waals surface area contributed by atoms with Crippen molar-refractivity contribution in [3.63, 3.8) is 0 Å². The number of piperazine rings is 1. The number of nitrogens with zero attached hydrogens (tertiary/aromatic N) is 3. The van der Waals surface area contributed by atoms with Crippen LogP contribution in [-0.2, 0) is 0 Å². The number of aromatic amines is 1. The lowest BCUT2D eigenvalue weighted by molar-refractivity contribution is 0.0746. The van der Waals surface area contributed by atoms with E-state index in [1.165, 1.54) is 0 Å². The van der Waals surface area contributed by atoms with Crippen LogP contribution in [0.25, 0.3) is 10.6 Å². The lowest BCUT2D eigenvalue weighted by Gasteiger charge is -2.35. The van der Waals surface area contributed by atoms with E-state index in [0.29, 0.717) is 28.7 Å². The van der Waals surface area contributed by atoms with Gasteiger partial charge in [-0.1, -0.05) is 29.3 Å². The van der Waals surface area contributed by atoms with Crippen LogP contribution in [0, 0.1) is 0 Å². The zero-order chi connectivity index (χ0) is 18.1. The van der Waals surface area contributed by atoms with Gasteiger partial charge in [0.2, 0.25) is 0 Å². The molecule has 0 aliphatic carbocycles. The molecule has 4 rings (SSSR count). The Bertz CT molecular complexity index is 917. The number of hydrogen-bond acceptors (Lipinski definition) is 4. The van der Waals surface area contributed by atoms with Crippen LogP contribution < -0.4 is 4.90 Å². The van der Waals surface area contributed by atoms with E-state index in [0.717, 1.165) is 29.5 Å². The number of aromatic nitrogens is 2. The molecule has 1 aliphatic heterocycles. The fourth-order valence-electron chi connectivity index (χ4n) is 3.00. The molecular formula is C18H16Cl2N4OS. The van der Waals surface area contributed by atoms with E-state index in [9.17, 15) is 4.79 Å². The van der Waals surface area contributed by atoms with Gasteiger partial charge in [0, 0.05) is 37.3 Å². The predicted octanol–water partition coefficient (Wildman–Crippen LogP) is 4.41. The summed E-state index contributed by atoms with van der Waals surface area (Å²) in [5, 5.41) is 10.5. The molecule has 1 aromatic carbocycles. The van der Waals surface area contributed by atoms with E-state index < -0.39 is 0 Å². The second-order valence-electron chi connectivity index (χ2n) is 6.02. The first-order chi connectivity index (χ1) is 12.6. The highest BCUT2D eigenvalue weighted by Gasteiger charge is 2.25. The number of carbonyl (C=O) groups is 1. The number of halogens is 2. The number of H-pyrrole nitrogens is 1. The third kappa shape index (κ3) is 3.45. The van der Waals surface area contributed by atoms with Gasteiger partial charge in [0.1, 0.15) is 0 Å². The maximum atomic E-state index is 12.7. The van der Waals surface area contributed by atoms with E-state index in [4.69, 9.17) is 23.2 Å². The van der Waals surface area contributed by atoms with E-state index in [1.807, 2.05) is 11.4 Å². The summed E-state index contributed by atoms with van der Waals surface area (Å²) in [6.45, 7) is 2.67. The standard InChI is InChI=1S/C18H16Cl2N4OS/c19-12-3-4-14(20)13(10-12)18(25)24-7-5-23(6-8-24)17-11-15(21-22-17)16-2-1-9-26-16/h1-4,9-11H,5-8H2,(H,21,22). The van der Waals surface area contributed by atoms with Gasteiger partial charge in [-0.2, -0.15) is 5.10 Å². The molecule has 1 N–H and O–H groups in total. The number of thiophene rings is 1. The van der Waals surface area contributed by atoms with Crippen LogP contribution >= 0.6 is 34.5 Å². The predicted molar refractivity (Wildman–Crippen MR) is 106 cm³/mol. The molecule has 8 heteroatoms. The minimum atomic E-state index is -0.0848. The Morgan fingerprint density at radius 3 is 2.65 bits per heavy atom. The summed E-state index contributed by atoms with van der Waals surface area (Å²) in [6, 6.07) is 11.1. The summed E-state index contributed by atoms with van der Waals surface area (Å²) >= 11 is 13.8. The quantitative estimate of drug-likeness (QED) is 0.700. The number of amides is 1. The van der Waals surface area contributed by atoms with Gasteiger partial charge in [0.25, 0.3) is 5.91 Å². The summed E-state index contributed by atoms with van der Waals surface area (Å²) in [6.07, 6.45) is 0. The van der Waals surface area contributed by atoms with Gasteiger partial charge < -0.3 is 9.80 Å². The molecule has 1 aliphatic rings. The molecule has 0 bridgehead atoms. The Hall–Kier alpha value is -2.02. The molecule has 3 heterocycles. The number of anilines is 1. The highest BCUT2D eigenvalue weighted by molar-refractivity contribution is 7.13. The van der Waals surface area contributed by atoms with Crippen LogP contribution in [0.2, 0.25) is 10.0 Å². The van der Waals surface area contributed by atoms with Crippen LogP contribution in [0.4, 0.5) is 5.82 Å². The topological polar surface area (TPSA) is 52.2 Å². The SMILES string of the molecule is O=C(c1cc(Cl)ccc1Cl)N1CCN(c2cc(-c3cccs3)[nH]n2)CC1. The second-order valence-corrected chi connectivity index (χ2v) is 7.81. The van der Waals surface area contributed by atoms with Crippen molar-refractivity contribution in [1.29, 1.82) is 0 Å². The summed E-state index contributed by atoms with van der Waals surface area (Å²) in [5.74, 6) is 0.819. The lowest BCUT2D eigenvalue weighted by atomic mass is 10.1. The van der Waals surface area contributed by atoms with Gasteiger partial charge >= 0.3 is 0 Å². The minimum absolute atomic E-state index is 0.0848. The van der Waals surface area contributed by atoms with E-state index in [2.05, 4.69) is 27.2 Å². The summed E-state index contributed by atoms with van der Waals surface area (Å²) in [4.78, 5) is 17.9. The van der Waals surface area contributed by atoms with Crippen molar-refractivity contribution in [1.82, 2.24) is 15.1 Å². The number of nitrogens with one attached hydrogen (secondary N) is 1. The Labute approximate surface area is 165 Å². The van der Waals surface area contributed by atoms with Crippen molar-refractivity contribution in [3.05, 3.63) is 57.4 Å². The van der Waals surface area contributed by atoms with Gasteiger partial charge in [-0.3, -0.25) is 9.89 Å². The van der Waals surface area contributed by atoms with Crippen LogP contribution in [0.5, 0.6) is 0 Å². The van der Waals surface area contributed by atoms with E-state index in [-0.39, 0.29) is 5.91 Å². The van der Waals surface area contributed by atoms with Crippen molar-refractivity contribution in [2.45, 2.75) is 0 Å². The molecule has 0 radical (unpaired) electrons. The van der Waals surface area contributed by atoms with E-state index in [1.54, 1.807) is 34.4 Å². The van der Waals surface area contributed by atoms with Gasteiger partial charge in [-0.05, 0) is 29.6 Å². The maximum absolute atomic E-state index is 12.7. The monoisotopic (exact) mass is 406 g/mol. The number of carbonyl (C=O) groups excluding carboxylic acids is 1. The molecule has 1 amide bonds. The Kier molecular flexibility index (Phi) is 4.89. The normalized spacial score (nSPS) is 14.7. The van der Waals surface area contributed by atoms with Crippen LogP contribution in [0.1, 0.15) is 10.4 Å². The minimum Gasteiger partial charge on any atom is -0.352 e. The first-order valence-electron chi connectivity index (χ1n) is 8.20. The largest absolute Gasteiger partial charge is 0.352 e. The van der Waals surface area contributed by atoms with Crippen molar-refractivity contribution < 1.29 is 4.79 Å². The summed E-state index contributed by atoms with van der Waals surface area (Å²) < 4.78 is 0. The molecule has 5 nitrogen and oxygen atoms in total. The smallest absolute Gasteiger partial charge is 0.255 e. The van der Waals surface area contributed by atoms with Crippen molar-refractivity contribution in [2.75, 3.05) is 31.1 Å². The second kappa shape index (κ2) is 7.31. The number of hydrogen-bond donors (Lipinski definition) is 1. The molecule has 1 fully saturated rings. The average Bonchev–Trinajstić information content (AvgIpc) is 3.35. The molecule has 3 aromatic rings. The fourth-order valence-corrected chi connectivity index (χ4v) is 4.06. The Morgan fingerprint density at radius 2 is 1.92 bits per heavy atom. The van der Waals surface area contributed by atoms with Crippen molar-refractivity contribution >= 4 is 46.3 Å². The molecule has 2 aromatic heterocycles. The molecule has 0 saturated carbocycles. The molecule has 0 unspecified atom stereocenters. The highest BCUT2D eigenvalue weighted by Crippen LogP contribution is 2.27. The molecule has 0 atom stereocenters. The summed E-state index contributed by atoms with van der Waals surface area (Å²) in [5.41, 5.74) is 1.46. The third-order valence-electron chi connectivity index (χ3n) is 4.40. The molecule has 26 heavy (non-hydrogen) atoms. The molecule has 1 saturated heterocycles. The number of benzene rings is 1. The van der Waals surface area contributed by atoms with Gasteiger partial charge in [0.15, 0.2) is 5.82 Å². The average molecular weight is 407 g/mol. The lowest BCUT2D eigenvalue weighted by Crippen LogP contribution is -2.49.